The van der Waals surface area contributed by atoms with Crippen LogP contribution >= 0.6 is 0 Å². The molecule has 2 aliphatic rings. The van der Waals surface area contributed by atoms with E-state index in [1.807, 2.05) is 0 Å². The van der Waals surface area contributed by atoms with Gasteiger partial charge < -0.3 is 20.3 Å². The summed E-state index contributed by atoms with van der Waals surface area (Å²) in [7, 11) is 0. The maximum atomic E-state index is 12.5. The van der Waals surface area contributed by atoms with E-state index in [1.54, 1.807) is 0 Å². The van der Waals surface area contributed by atoms with Crippen LogP contribution < -0.4 is 20.3 Å². The maximum absolute atomic E-state index is 12.5. The second-order valence-corrected chi connectivity index (χ2v) is 6.44. The van der Waals surface area contributed by atoms with Crippen molar-refractivity contribution in [2.75, 3.05) is 18.0 Å². The first-order valence-corrected chi connectivity index (χ1v) is 8.52. The number of hydrogen-bond acceptors (Lipinski definition) is 4. The number of benzene rings is 1. The molecule has 2 amide bonds. The van der Waals surface area contributed by atoms with Crippen LogP contribution in [-0.4, -0.2) is 43.3 Å². The Bertz CT molecular complexity index is 675. The number of halogens is 3. The Morgan fingerprint density at radius 2 is 2.15 bits per heavy atom. The molecule has 1 aromatic rings. The first-order chi connectivity index (χ1) is 12.3. The number of carbonyl (C=O) groups is 2. The van der Waals surface area contributed by atoms with Crippen molar-refractivity contribution in [3.05, 3.63) is 24.3 Å². The molecule has 142 valence electrons. The molecule has 0 radical (unpaired) electrons. The zero-order chi connectivity index (χ0) is 18.7. The molecule has 26 heavy (non-hydrogen) atoms. The Balaban J connectivity index is 1.60. The summed E-state index contributed by atoms with van der Waals surface area (Å²) >= 11 is 0. The molecule has 0 saturated carbocycles. The van der Waals surface area contributed by atoms with Gasteiger partial charge in [-0.25, -0.2) is 0 Å². The van der Waals surface area contributed by atoms with E-state index < -0.39 is 12.4 Å². The van der Waals surface area contributed by atoms with Gasteiger partial charge in [-0.1, -0.05) is 6.07 Å². The standard InChI is InChI=1S/C17H20F3N3O3/c18-17(19,20)26-13-5-1-4-12(10-13)23-8-6-14(16(23)25)22-15(24)9-11-3-2-7-21-11/h1,4-5,10-11,14,21H,2-3,6-9H2,(H,22,24). The van der Waals surface area contributed by atoms with Crippen molar-refractivity contribution < 1.29 is 27.5 Å². The third-order valence-corrected chi connectivity index (χ3v) is 4.50. The number of carbonyl (C=O) groups excluding carboxylic acids is 2. The zero-order valence-corrected chi connectivity index (χ0v) is 14.0. The summed E-state index contributed by atoms with van der Waals surface area (Å²) in [5.74, 6) is -0.914. The van der Waals surface area contributed by atoms with Crippen molar-refractivity contribution >= 4 is 17.5 Å². The number of anilines is 1. The number of alkyl halides is 3. The van der Waals surface area contributed by atoms with Crippen molar-refractivity contribution in [2.24, 2.45) is 0 Å². The molecule has 0 aromatic heterocycles. The summed E-state index contributed by atoms with van der Waals surface area (Å²) in [6.45, 7) is 1.21. The third kappa shape index (κ3) is 4.66. The second kappa shape index (κ2) is 7.53. The van der Waals surface area contributed by atoms with Gasteiger partial charge in [0.2, 0.25) is 11.8 Å². The topological polar surface area (TPSA) is 70.7 Å². The van der Waals surface area contributed by atoms with Crippen molar-refractivity contribution in [1.29, 1.82) is 0 Å². The molecule has 9 heteroatoms. The largest absolute Gasteiger partial charge is 0.573 e. The van der Waals surface area contributed by atoms with Gasteiger partial charge in [-0.2, -0.15) is 0 Å². The molecular formula is C17H20F3N3O3. The number of nitrogens with one attached hydrogen (secondary N) is 2. The third-order valence-electron chi connectivity index (χ3n) is 4.50. The predicted octanol–water partition coefficient (Wildman–Crippen LogP) is 1.95. The first kappa shape index (κ1) is 18.5. The van der Waals surface area contributed by atoms with Crippen LogP contribution in [-0.2, 0) is 9.59 Å². The molecule has 6 nitrogen and oxygen atoms in total. The van der Waals surface area contributed by atoms with Gasteiger partial charge in [-0.15, -0.1) is 13.2 Å². The molecular weight excluding hydrogens is 351 g/mol. The van der Waals surface area contributed by atoms with Crippen LogP contribution in [0.5, 0.6) is 5.75 Å². The Kier molecular flexibility index (Phi) is 5.36. The molecule has 2 heterocycles. The van der Waals surface area contributed by atoms with Crippen LogP contribution in [0.25, 0.3) is 0 Å². The molecule has 0 spiro atoms. The number of hydrogen-bond donors (Lipinski definition) is 2. The lowest BCUT2D eigenvalue weighted by atomic mass is 10.1. The van der Waals surface area contributed by atoms with E-state index in [-0.39, 0.29) is 23.6 Å². The summed E-state index contributed by atoms with van der Waals surface area (Å²) in [5.41, 5.74) is 0.311. The highest BCUT2D eigenvalue weighted by Crippen LogP contribution is 2.29. The molecule has 2 fully saturated rings. The first-order valence-electron chi connectivity index (χ1n) is 8.52. The van der Waals surface area contributed by atoms with E-state index in [0.717, 1.165) is 25.5 Å². The van der Waals surface area contributed by atoms with Crippen molar-refractivity contribution in [1.82, 2.24) is 10.6 Å². The number of rotatable bonds is 5. The van der Waals surface area contributed by atoms with E-state index in [4.69, 9.17) is 0 Å². The van der Waals surface area contributed by atoms with Crippen LogP contribution in [0.2, 0.25) is 0 Å². The molecule has 1 aromatic carbocycles. The molecule has 2 atom stereocenters. The second-order valence-electron chi connectivity index (χ2n) is 6.44. The number of nitrogens with zero attached hydrogens (tertiary/aromatic N) is 1. The quantitative estimate of drug-likeness (QED) is 0.830. The van der Waals surface area contributed by atoms with Crippen LogP contribution in [0.1, 0.15) is 25.7 Å². The van der Waals surface area contributed by atoms with Crippen molar-refractivity contribution in [3.63, 3.8) is 0 Å². The highest BCUT2D eigenvalue weighted by molar-refractivity contribution is 6.01. The van der Waals surface area contributed by atoms with Crippen LogP contribution in [0.15, 0.2) is 24.3 Å². The number of ether oxygens (including phenoxy) is 1. The van der Waals surface area contributed by atoms with Gasteiger partial charge in [0.05, 0.1) is 0 Å². The van der Waals surface area contributed by atoms with E-state index in [1.165, 1.54) is 23.1 Å². The molecule has 2 N–H and O–H groups in total. The van der Waals surface area contributed by atoms with Gasteiger partial charge in [-0.05, 0) is 37.9 Å². The Morgan fingerprint density at radius 1 is 1.35 bits per heavy atom. The van der Waals surface area contributed by atoms with Gasteiger partial charge in [0.15, 0.2) is 0 Å². The lowest BCUT2D eigenvalue weighted by molar-refractivity contribution is -0.274. The van der Waals surface area contributed by atoms with Gasteiger partial charge in [0.25, 0.3) is 0 Å². The van der Waals surface area contributed by atoms with E-state index in [9.17, 15) is 22.8 Å². The minimum absolute atomic E-state index is 0.138. The summed E-state index contributed by atoms with van der Waals surface area (Å²) in [6, 6.07) is 4.74. The lowest BCUT2D eigenvalue weighted by Gasteiger charge is -2.19. The fraction of sp³-hybridized carbons (Fsp3) is 0.529. The minimum atomic E-state index is -4.79. The lowest BCUT2D eigenvalue weighted by Crippen LogP contribution is -2.43. The van der Waals surface area contributed by atoms with Crippen LogP contribution in [0.3, 0.4) is 0 Å². The highest BCUT2D eigenvalue weighted by Gasteiger charge is 2.35. The highest BCUT2D eigenvalue weighted by atomic mass is 19.4. The number of amides is 2. The van der Waals surface area contributed by atoms with Crippen LogP contribution in [0, 0.1) is 0 Å². The molecule has 2 saturated heterocycles. The minimum Gasteiger partial charge on any atom is -0.406 e. The van der Waals surface area contributed by atoms with Crippen LogP contribution in [0.4, 0.5) is 18.9 Å². The van der Waals surface area contributed by atoms with E-state index in [2.05, 4.69) is 15.4 Å². The smallest absolute Gasteiger partial charge is 0.406 e. The Hall–Kier alpha value is -2.29. The Labute approximate surface area is 148 Å². The van der Waals surface area contributed by atoms with Gasteiger partial charge in [0.1, 0.15) is 11.8 Å². The molecule has 3 rings (SSSR count). The average molecular weight is 371 g/mol. The zero-order valence-electron chi connectivity index (χ0n) is 14.0. The summed E-state index contributed by atoms with van der Waals surface area (Å²) in [6.07, 6.45) is -2.10. The average Bonchev–Trinajstić information content (AvgIpc) is 3.17. The fourth-order valence-corrected chi connectivity index (χ4v) is 3.33. The van der Waals surface area contributed by atoms with Gasteiger partial charge >= 0.3 is 6.36 Å². The molecule has 0 aliphatic carbocycles. The molecule has 2 aliphatic heterocycles. The Morgan fingerprint density at radius 3 is 2.85 bits per heavy atom. The maximum Gasteiger partial charge on any atom is 0.573 e. The van der Waals surface area contributed by atoms with E-state index >= 15 is 0 Å². The van der Waals surface area contributed by atoms with Crippen molar-refractivity contribution in [3.8, 4) is 5.75 Å². The summed E-state index contributed by atoms with van der Waals surface area (Å²) in [4.78, 5) is 26.0. The fourth-order valence-electron chi connectivity index (χ4n) is 3.33. The van der Waals surface area contributed by atoms with E-state index in [0.29, 0.717) is 25.1 Å². The van der Waals surface area contributed by atoms with Gasteiger partial charge in [-0.3, -0.25) is 9.59 Å². The normalized spacial score (nSPS) is 23.3. The SMILES string of the molecule is O=C(CC1CCCN1)NC1CCN(c2cccc(OC(F)(F)F)c2)C1=O. The van der Waals surface area contributed by atoms with Crippen molar-refractivity contribution in [2.45, 2.75) is 44.1 Å². The summed E-state index contributed by atoms with van der Waals surface area (Å²) < 4.78 is 40.9. The monoisotopic (exact) mass is 371 g/mol. The molecule has 0 bridgehead atoms. The van der Waals surface area contributed by atoms with Gasteiger partial charge in [0, 0.05) is 30.8 Å². The predicted molar refractivity (Wildman–Crippen MR) is 87.7 cm³/mol. The molecule has 2 unspecified atom stereocenters. The summed E-state index contributed by atoms with van der Waals surface area (Å²) in [5, 5.41) is 5.95.